The zero-order chi connectivity index (χ0) is 9.72. The van der Waals surface area contributed by atoms with Gasteiger partial charge in [0, 0.05) is 24.4 Å². The second kappa shape index (κ2) is 5.87. The molecule has 0 aliphatic heterocycles. The second-order valence-corrected chi connectivity index (χ2v) is 5.17. The predicted octanol–water partition coefficient (Wildman–Crippen LogP) is 2.67. The van der Waals surface area contributed by atoms with Gasteiger partial charge >= 0.3 is 0 Å². The quantitative estimate of drug-likeness (QED) is 0.651. The van der Waals surface area contributed by atoms with E-state index in [1.165, 1.54) is 6.54 Å². The Morgan fingerprint density at radius 3 is 1.75 bits per heavy atom. The third-order valence-electron chi connectivity index (χ3n) is 1.83. The molecule has 0 radical (unpaired) electrons. The molecule has 0 N–H and O–H groups in total. The van der Waals surface area contributed by atoms with Gasteiger partial charge in [0.25, 0.3) is 0 Å². The minimum atomic E-state index is 0.478. The highest BCUT2D eigenvalue weighted by molar-refractivity contribution is 7.80. The molecule has 2 heteroatoms. The first kappa shape index (κ1) is 12.3. The summed E-state index contributed by atoms with van der Waals surface area (Å²) in [6.07, 6.45) is 0. The Morgan fingerprint density at radius 2 is 1.50 bits per heavy atom. The van der Waals surface area contributed by atoms with E-state index in [0.29, 0.717) is 11.3 Å². The fourth-order valence-electron chi connectivity index (χ4n) is 1.30. The molecule has 0 spiro atoms. The van der Waals surface area contributed by atoms with Gasteiger partial charge < -0.3 is 0 Å². The summed E-state index contributed by atoms with van der Waals surface area (Å²) in [4.78, 5) is 2.49. The summed E-state index contributed by atoms with van der Waals surface area (Å²) < 4.78 is 0. The van der Waals surface area contributed by atoms with Crippen molar-refractivity contribution >= 4 is 12.6 Å². The SMILES string of the molecule is CC(C)CN(C[C@@H](C)S)C(C)C. The molecule has 0 saturated heterocycles. The third kappa shape index (κ3) is 5.90. The van der Waals surface area contributed by atoms with Crippen molar-refractivity contribution in [3.63, 3.8) is 0 Å². The molecular weight excluding hydrogens is 166 g/mol. The van der Waals surface area contributed by atoms with Gasteiger partial charge in [-0.1, -0.05) is 20.8 Å². The predicted molar refractivity (Wildman–Crippen MR) is 60.0 cm³/mol. The maximum Gasteiger partial charge on any atom is 0.0116 e. The van der Waals surface area contributed by atoms with Crippen LogP contribution < -0.4 is 0 Å². The van der Waals surface area contributed by atoms with E-state index >= 15 is 0 Å². The molecule has 0 amide bonds. The van der Waals surface area contributed by atoms with Crippen LogP contribution in [0, 0.1) is 5.92 Å². The monoisotopic (exact) mass is 189 g/mol. The molecule has 0 rings (SSSR count). The van der Waals surface area contributed by atoms with E-state index in [1.807, 2.05) is 0 Å². The Kier molecular flexibility index (Phi) is 6.02. The Bertz CT molecular complexity index is 100. The van der Waals surface area contributed by atoms with E-state index in [9.17, 15) is 0 Å². The lowest BCUT2D eigenvalue weighted by Crippen LogP contribution is -2.37. The van der Waals surface area contributed by atoms with Crippen molar-refractivity contribution < 1.29 is 0 Å². The van der Waals surface area contributed by atoms with E-state index in [4.69, 9.17) is 0 Å². The summed E-state index contributed by atoms with van der Waals surface area (Å²) in [6, 6.07) is 0.641. The fourth-order valence-corrected chi connectivity index (χ4v) is 1.51. The van der Waals surface area contributed by atoms with Crippen LogP contribution in [0.4, 0.5) is 0 Å². The van der Waals surface area contributed by atoms with Crippen molar-refractivity contribution in [2.75, 3.05) is 13.1 Å². The lowest BCUT2D eigenvalue weighted by atomic mass is 10.1. The molecule has 1 nitrogen and oxygen atoms in total. The van der Waals surface area contributed by atoms with E-state index in [2.05, 4.69) is 52.1 Å². The number of rotatable bonds is 5. The zero-order valence-corrected chi connectivity index (χ0v) is 9.94. The molecule has 0 aromatic carbocycles. The normalized spacial score (nSPS) is 14.8. The third-order valence-corrected chi connectivity index (χ3v) is 1.99. The molecule has 1 atom stereocenters. The summed E-state index contributed by atoms with van der Waals surface area (Å²) in [5.41, 5.74) is 0. The molecule has 0 saturated carbocycles. The van der Waals surface area contributed by atoms with Crippen LogP contribution in [0.15, 0.2) is 0 Å². The van der Waals surface area contributed by atoms with Crippen molar-refractivity contribution in [3.8, 4) is 0 Å². The Morgan fingerprint density at radius 1 is 1.00 bits per heavy atom. The largest absolute Gasteiger partial charge is 0.300 e. The van der Waals surface area contributed by atoms with E-state index in [-0.39, 0.29) is 0 Å². The minimum Gasteiger partial charge on any atom is -0.300 e. The van der Waals surface area contributed by atoms with Crippen molar-refractivity contribution in [2.45, 2.75) is 45.9 Å². The minimum absolute atomic E-state index is 0.478. The maximum atomic E-state index is 4.41. The standard InChI is InChI=1S/C10H23NS/c1-8(2)6-11(9(3)4)7-10(5)12/h8-10,12H,6-7H2,1-5H3/t10-/m1/s1. The number of thiol groups is 1. The van der Waals surface area contributed by atoms with Gasteiger partial charge in [-0.3, -0.25) is 4.90 Å². The van der Waals surface area contributed by atoms with Crippen LogP contribution in [0.5, 0.6) is 0 Å². The van der Waals surface area contributed by atoms with Crippen molar-refractivity contribution in [1.29, 1.82) is 0 Å². The number of hydrogen-bond donors (Lipinski definition) is 1. The van der Waals surface area contributed by atoms with Gasteiger partial charge in [0.2, 0.25) is 0 Å². The molecule has 0 bridgehead atoms. The Labute approximate surface area is 82.9 Å². The molecule has 0 aromatic rings. The topological polar surface area (TPSA) is 3.24 Å². The highest BCUT2D eigenvalue weighted by Crippen LogP contribution is 2.07. The van der Waals surface area contributed by atoms with Gasteiger partial charge in [-0.25, -0.2) is 0 Å². The molecule has 0 heterocycles. The Balaban J connectivity index is 3.87. The van der Waals surface area contributed by atoms with Gasteiger partial charge in [-0.2, -0.15) is 12.6 Å². The van der Waals surface area contributed by atoms with Gasteiger partial charge in [0.1, 0.15) is 0 Å². The summed E-state index contributed by atoms with van der Waals surface area (Å²) in [7, 11) is 0. The first-order valence-electron chi connectivity index (χ1n) is 4.85. The van der Waals surface area contributed by atoms with Crippen molar-refractivity contribution in [3.05, 3.63) is 0 Å². The van der Waals surface area contributed by atoms with Crippen LogP contribution in [0.1, 0.15) is 34.6 Å². The first-order chi connectivity index (χ1) is 5.43. The molecular formula is C10H23NS. The second-order valence-electron chi connectivity index (χ2n) is 4.29. The number of nitrogens with zero attached hydrogens (tertiary/aromatic N) is 1. The molecule has 0 aliphatic rings. The van der Waals surface area contributed by atoms with Crippen LogP contribution >= 0.6 is 12.6 Å². The lowest BCUT2D eigenvalue weighted by molar-refractivity contribution is 0.201. The fraction of sp³-hybridized carbons (Fsp3) is 1.00. The average Bonchev–Trinajstić information content (AvgIpc) is 1.83. The van der Waals surface area contributed by atoms with Gasteiger partial charge in [0.15, 0.2) is 0 Å². The van der Waals surface area contributed by atoms with Crippen molar-refractivity contribution in [1.82, 2.24) is 4.90 Å². The van der Waals surface area contributed by atoms with E-state index < -0.39 is 0 Å². The Hall–Kier alpha value is 0.310. The van der Waals surface area contributed by atoms with Crippen molar-refractivity contribution in [2.24, 2.45) is 5.92 Å². The molecule has 12 heavy (non-hydrogen) atoms. The van der Waals surface area contributed by atoms with Gasteiger partial charge in [-0.15, -0.1) is 0 Å². The smallest absolute Gasteiger partial charge is 0.0116 e. The number of hydrogen-bond acceptors (Lipinski definition) is 2. The summed E-state index contributed by atoms with van der Waals surface area (Å²) in [6.45, 7) is 13.5. The van der Waals surface area contributed by atoms with Crippen LogP contribution in [0.3, 0.4) is 0 Å². The summed E-state index contributed by atoms with van der Waals surface area (Å²) in [5, 5.41) is 0.478. The van der Waals surface area contributed by atoms with Crippen LogP contribution in [-0.4, -0.2) is 29.3 Å². The zero-order valence-electron chi connectivity index (χ0n) is 9.04. The van der Waals surface area contributed by atoms with E-state index in [1.54, 1.807) is 0 Å². The molecule has 0 aromatic heterocycles. The van der Waals surface area contributed by atoms with E-state index in [0.717, 1.165) is 12.5 Å². The van der Waals surface area contributed by atoms with Crippen LogP contribution in [0.2, 0.25) is 0 Å². The highest BCUT2D eigenvalue weighted by atomic mass is 32.1. The highest BCUT2D eigenvalue weighted by Gasteiger charge is 2.12. The molecule has 0 fully saturated rings. The molecule has 0 aliphatic carbocycles. The van der Waals surface area contributed by atoms with Crippen LogP contribution in [0.25, 0.3) is 0 Å². The summed E-state index contributed by atoms with van der Waals surface area (Å²) >= 11 is 4.41. The first-order valence-corrected chi connectivity index (χ1v) is 5.37. The lowest BCUT2D eigenvalue weighted by Gasteiger charge is -2.29. The molecule has 0 unspecified atom stereocenters. The van der Waals surface area contributed by atoms with Gasteiger partial charge in [0.05, 0.1) is 0 Å². The molecule has 74 valence electrons. The van der Waals surface area contributed by atoms with Crippen LogP contribution in [-0.2, 0) is 0 Å². The van der Waals surface area contributed by atoms with Gasteiger partial charge in [-0.05, 0) is 19.8 Å². The maximum absolute atomic E-state index is 4.41. The average molecular weight is 189 g/mol. The summed E-state index contributed by atoms with van der Waals surface area (Å²) in [5.74, 6) is 0.750.